The quantitative estimate of drug-likeness (QED) is 0.525. The molecule has 1 aromatic carbocycles. The van der Waals surface area contributed by atoms with E-state index in [0.29, 0.717) is 10.6 Å². The van der Waals surface area contributed by atoms with Crippen LogP contribution in [0.5, 0.6) is 0 Å². The van der Waals surface area contributed by atoms with Crippen LogP contribution in [-0.2, 0) is 0 Å². The third-order valence-corrected chi connectivity index (χ3v) is 1.37. The Kier molecular flexibility index (Phi) is 1.72. The zero-order chi connectivity index (χ0) is 6.85. The van der Waals surface area contributed by atoms with E-state index in [1.807, 2.05) is 0 Å². The third kappa shape index (κ3) is 1.42. The standard InChI is InChI=1S/C7H6ClF/c1-5-2-3-6(8)4-7(5)9/h2-4H,1H3. The summed E-state index contributed by atoms with van der Waals surface area (Å²) in [5, 5.41) is 0.443. The lowest BCUT2D eigenvalue weighted by Crippen LogP contribution is -1.78. The molecule has 0 N–H and O–H groups in total. The van der Waals surface area contributed by atoms with Gasteiger partial charge < -0.3 is 0 Å². The van der Waals surface area contributed by atoms with Gasteiger partial charge in [0, 0.05) is 5.02 Å². The monoisotopic (exact) mass is 144 g/mol. The molecule has 0 aliphatic carbocycles. The van der Waals surface area contributed by atoms with Crippen molar-refractivity contribution in [3.63, 3.8) is 0 Å². The molecule has 0 radical (unpaired) electrons. The van der Waals surface area contributed by atoms with Crippen LogP contribution in [0.2, 0.25) is 5.02 Å². The molecule has 0 aliphatic heterocycles. The van der Waals surface area contributed by atoms with E-state index in [9.17, 15) is 4.39 Å². The highest BCUT2D eigenvalue weighted by molar-refractivity contribution is 6.30. The van der Waals surface area contributed by atoms with E-state index < -0.39 is 0 Å². The van der Waals surface area contributed by atoms with E-state index in [-0.39, 0.29) is 5.82 Å². The van der Waals surface area contributed by atoms with Gasteiger partial charge >= 0.3 is 0 Å². The summed E-state index contributed by atoms with van der Waals surface area (Å²) in [6.07, 6.45) is 0. The summed E-state index contributed by atoms with van der Waals surface area (Å²) in [5.41, 5.74) is 0.624. The first-order valence-electron chi connectivity index (χ1n) is 2.62. The predicted octanol–water partition coefficient (Wildman–Crippen LogP) is 2.79. The highest BCUT2D eigenvalue weighted by atomic mass is 35.5. The molecular weight excluding hydrogens is 139 g/mol. The average Bonchev–Trinajstić information content (AvgIpc) is 1.80. The van der Waals surface area contributed by atoms with Crippen LogP contribution in [0.15, 0.2) is 18.2 Å². The van der Waals surface area contributed by atoms with Gasteiger partial charge in [-0.25, -0.2) is 4.39 Å². The predicted molar refractivity (Wildman–Crippen MR) is 36.1 cm³/mol. The number of hydrogen-bond acceptors (Lipinski definition) is 0. The SMILES string of the molecule is Cc1ccc(Cl)cc1F. The van der Waals surface area contributed by atoms with Crippen LogP contribution in [0.3, 0.4) is 0 Å². The van der Waals surface area contributed by atoms with E-state index in [2.05, 4.69) is 0 Å². The minimum absolute atomic E-state index is 0.248. The maximum atomic E-state index is 12.5. The van der Waals surface area contributed by atoms with Gasteiger partial charge in [-0.1, -0.05) is 17.7 Å². The Balaban J connectivity index is 3.17. The van der Waals surface area contributed by atoms with Gasteiger partial charge in [-0.2, -0.15) is 0 Å². The van der Waals surface area contributed by atoms with Crippen molar-refractivity contribution in [1.82, 2.24) is 0 Å². The molecule has 0 nitrogen and oxygen atoms in total. The molecule has 0 aromatic heterocycles. The summed E-state index contributed by atoms with van der Waals surface area (Å²) in [6, 6.07) is 4.62. The van der Waals surface area contributed by atoms with Crippen molar-refractivity contribution in [3.8, 4) is 0 Å². The molecule has 0 bridgehead atoms. The van der Waals surface area contributed by atoms with Gasteiger partial charge in [0.25, 0.3) is 0 Å². The molecule has 9 heavy (non-hydrogen) atoms. The Labute approximate surface area is 58.3 Å². The van der Waals surface area contributed by atoms with Gasteiger partial charge in [-0.15, -0.1) is 0 Å². The molecule has 48 valence electrons. The van der Waals surface area contributed by atoms with E-state index >= 15 is 0 Å². The van der Waals surface area contributed by atoms with Crippen molar-refractivity contribution in [2.45, 2.75) is 6.92 Å². The molecule has 1 rings (SSSR count). The molecule has 1 aromatic rings. The van der Waals surface area contributed by atoms with Crippen LogP contribution in [0.25, 0.3) is 0 Å². The molecule has 0 heterocycles. The van der Waals surface area contributed by atoms with E-state index in [1.165, 1.54) is 6.07 Å². The molecule has 0 saturated carbocycles. The fourth-order valence-corrected chi connectivity index (χ4v) is 0.726. The largest absolute Gasteiger partial charge is 0.207 e. The van der Waals surface area contributed by atoms with Crippen molar-refractivity contribution in [3.05, 3.63) is 34.6 Å². The topological polar surface area (TPSA) is 0 Å². The highest BCUT2D eigenvalue weighted by Crippen LogP contribution is 2.12. The molecular formula is C7H6ClF. The summed E-state index contributed by atoms with van der Waals surface area (Å²) in [5.74, 6) is -0.248. The first-order valence-corrected chi connectivity index (χ1v) is 2.99. The Bertz CT molecular complexity index is 220. The van der Waals surface area contributed by atoms with Crippen LogP contribution in [0.1, 0.15) is 5.56 Å². The molecule has 0 saturated heterocycles. The van der Waals surface area contributed by atoms with Crippen LogP contribution in [0.4, 0.5) is 4.39 Å². The van der Waals surface area contributed by atoms with Crippen LogP contribution in [-0.4, -0.2) is 0 Å². The Hall–Kier alpha value is -0.560. The lowest BCUT2D eigenvalue weighted by molar-refractivity contribution is 0.618. The van der Waals surface area contributed by atoms with Gasteiger partial charge in [-0.3, -0.25) is 0 Å². The lowest BCUT2D eigenvalue weighted by atomic mass is 10.2. The maximum Gasteiger partial charge on any atom is 0.127 e. The summed E-state index contributed by atoms with van der Waals surface area (Å²) >= 11 is 5.48. The number of hydrogen-bond donors (Lipinski definition) is 0. The summed E-state index contributed by atoms with van der Waals surface area (Å²) in [6.45, 7) is 1.70. The average molecular weight is 145 g/mol. The van der Waals surface area contributed by atoms with Gasteiger partial charge in [0.05, 0.1) is 0 Å². The third-order valence-electron chi connectivity index (χ3n) is 1.13. The summed E-state index contributed by atoms with van der Waals surface area (Å²) in [4.78, 5) is 0. The fraction of sp³-hybridized carbons (Fsp3) is 0.143. The summed E-state index contributed by atoms with van der Waals surface area (Å²) in [7, 11) is 0. The molecule has 2 heteroatoms. The molecule has 0 spiro atoms. The highest BCUT2D eigenvalue weighted by Gasteiger charge is 1.94. The minimum atomic E-state index is -0.248. The second-order valence-corrected chi connectivity index (χ2v) is 2.33. The maximum absolute atomic E-state index is 12.5. The van der Waals surface area contributed by atoms with Crippen LogP contribution < -0.4 is 0 Å². The van der Waals surface area contributed by atoms with Crippen molar-refractivity contribution in [2.75, 3.05) is 0 Å². The smallest absolute Gasteiger partial charge is 0.127 e. The second kappa shape index (κ2) is 2.36. The number of benzene rings is 1. The van der Waals surface area contributed by atoms with Crippen molar-refractivity contribution in [2.24, 2.45) is 0 Å². The van der Waals surface area contributed by atoms with E-state index in [0.717, 1.165) is 0 Å². The Morgan fingerprint density at radius 2 is 2.11 bits per heavy atom. The molecule has 0 unspecified atom stereocenters. The van der Waals surface area contributed by atoms with Crippen LogP contribution in [0, 0.1) is 12.7 Å². The van der Waals surface area contributed by atoms with Gasteiger partial charge in [0.2, 0.25) is 0 Å². The summed E-state index contributed by atoms with van der Waals surface area (Å²) < 4.78 is 12.5. The normalized spacial score (nSPS) is 9.67. The molecule has 0 atom stereocenters. The van der Waals surface area contributed by atoms with Crippen molar-refractivity contribution in [1.29, 1.82) is 0 Å². The van der Waals surface area contributed by atoms with E-state index in [1.54, 1.807) is 19.1 Å². The zero-order valence-electron chi connectivity index (χ0n) is 4.99. The Morgan fingerprint density at radius 1 is 1.44 bits per heavy atom. The second-order valence-electron chi connectivity index (χ2n) is 1.89. The number of aryl methyl sites for hydroxylation is 1. The Morgan fingerprint density at radius 3 is 2.56 bits per heavy atom. The lowest BCUT2D eigenvalue weighted by Gasteiger charge is -1.93. The van der Waals surface area contributed by atoms with Crippen LogP contribution >= 0.6 is 11.6 Å². The van der Waals surface area contributed by atoms with Crippen molar-refractivity contribution < 1.29 is 4.39 Å². The van der Waals surface area contributed by atoms with Gasteiger partial charge in [0.15, 0.2) is 0 Å². The van der Waals surface area contributed by atoms with Gasteiger partial charge in [0.1, 0.15) is 5.82 Å². The first kappa shape index (κ1) is 6.56. The minimum Gasteiger partial charge on any atom is -0.207 e. The first-order chi connectivity index (χ1) is 4.20. The number of rotatable bonds is 0. The van der Waals surface area contributed by atoms with E-state index in [4.69, 9.17) is 11.6 Å². The number of halogens is 2. The van der Waals surface area contributed by atoms with Gasteiger partial charge in [-0.05, 0) is 24.6 Å². The fourth-order valence-electron chi connectivity index (χ4n) is 0.567. The zero-order valence-corrected chi connectivity index (χ0v) is 5.74. The van der Waals surface area contributed by atoms with Crippen molar-refractivity contribution >= 4 is 11.6 Å². The molecule has 0 amide bonds. The molecule has 0 aliphatic rings. The molecule has 0 fully saturated rings.